The van der Waals surface area contributed by atoms with Crippen LogP contribution in [0.2, 0.25) is 5.02 Å². The van der Waals surface area contributed by atoms with Gasteiger partial charge in [-0.05, 0) is 49.4 Å². The first-order valence-corrected chi connectivity index (χ1v) is 9.54. The number of sulfone groups is 1. The number of rotatable bonds is 5. The molecule has 0 aromatic heterocycles. The van der Waals surface area contributed by atoms with Gasteiger partial charge in [-0.1, -0.05) is 17.7 Å². The smallest absolute Gasteiger partial charge is 0.379 e. The van der Waals surface area contributed by atoms with Crippen LogP contribution < -0.4 is 5.32 Å². The summed E-state index contributed by atoms with van der Waals surface area (Å²) in [5, 5.41) is 12.7. The van der Waals surface area contributed by atoms with Crippen molar-refractivity contribution < 1.29 is 31.5 Å². The molecule has 0 saturated carbocycles. The van der Waals surface area contributed by atoms with Crippen molar-refractivity contribution in [2.75, 3.05) is 11.1 Å². The lowest BCUT2D eigenvalue weighted by atomic mass is 10.1. The van der Waals surface area contributed by atoms with Crippen LogP contribution in [0.25, 0.3) is 0 Å². The van der Waals surface area contributed by atoms with E-state index in [0.29, 0.717) is 11.1 Å². The highest BCUT2D eigenvalue weighted by atomic mass is 35.5. The molecule has 1 atom stereocenters. The Hall–Kier alpha value is -2.10. The molecule has 0 aliphatic heterocycles. The van der Waals surface area contributed by atoms with Crippen molar-refractivity contribution in [3.8, 4) is 0 Å². The number of anilines is 1. The molecule has 0 fully saturated rings. The van der Waals surface area contributed by atoms with E-state index < -0.39 is 38.8 Å². The van der Waals surface area contributed by atoms with Gasteiger partial charge in [-0.25, -0.2) is 8.42 Å². The van der Waals surface area contributed by atoms with E-state index in [-0.39, 0.29) is 10.6 Å². The molecule has 0 heterocycles. The van der Waals surface area contributed by atoms with E-state index >= 15 is 0 Å². The maximum absolute atomic E-state index is 12.7. The van der Waals surface area contributed by atoms with Crippen molar-refractivity contribution in [1.82, 2.24) is 0 Å². The number of alkyl halides is 3. The molecule has 2 aromatic carbocycles. The van der Waals surface area contributed by atoms with Crippen LogP contribution in [0.15, 0.2) is 53.4 Å². The van der Waals surface area contributed by atoms with Crippen molar-refractivity contribution in [2.45, 2.75) is 23.6 Å². The third kappa shape index (κ3) is 5.44. The molecule has 10 heteroatoms. The van der Waals surface area contributed by atoms with Crippen molar-refractivity contribution in [1.29, 1.82) is 0 Å². The van der Waals surface area contributed by atoms with Crippen molar-refractivity contribution in [3.05, 3.63) is 59.1 Å². The number of hydrogen-bond acceptors (Lipinski definition) is 4. The average Bonchev–Trinajstić information content (AvgIpc) is 2.53. The highest BCUT2D eigenvalue weighted by Crippen LogP contribution is 2.31. The summed E-state index contributed by atoms with van der Waals surface area (Å²) < 4.78 is 62.9. The zero-order chi connectivity index (χ0) is 20.5. The first-order valence-electron chi connectivity index (χ1n) is 7.51. The Morgan fingerprint density at radius 1 is 1.15 bits per heavy atom. The molecule has 0 aliphatic carbocycles. The number of benzene rings is 2. The van der Waals surface area contributed by atoms with Gasteiger partial charge in [0.15, 0.2) is 15.4 Å². The Balaban J connectivity index is 2.19. The van der Waals surface area contributed by atoms with Gasteiger partial charge in [0, 0.05) is 10.7 Å². The minimum Gasteiger partial charge on any atom is -0.379 e. The molecule has 0 spiro atoms. The van der Waals surface area contributed by atoms with Gasteiger partial charge in [-0.2, -0.15) is 13.2 Å². The van der Waals surface area contributed by atoms with Crippen LogP contribution in [0, 0.1) is 0 Å². The van der Waals surface area contributed by atoms with E-state index in [2.05, 4.69) is 5.32 Å². The van der Waals surface area contributed by atoms with Gasteiger partial charge in [0.25, 0.3) is 5.91 Å². The summed E-state index contributed by atoms with van der Waals surface area (Å²) >= 11 is 5.69. The number of carbonyl (C=O) groups is 1. The van der Waals surface area contributed by atoms with Gasteiger partial charge < -0.3 is 10.4 Å². The normalized spacial score (nSPS) is 14.4. The molecule has 0 bridgehead atoms. The Bertz CT molecular complexity index is 941. The minimum absolute atomic E-state index is 0.154. The second-order valence-corrected chi connectivity index (χ2v) is 8.45. The minimum atomic E-state index is -4.61. The van der Waals surface area contributed by atoms with Crippen LogP contribution in [0.4, 0.5) is 18.9 Å². The SMILES string of the molecule is CC(O)(CS(=O)(=O)c1ccc(Cl)cc1)C(=O)Nc1cccc(C(F)(F)F)c1. The fourth-order valence-corrected chi connectivity index (χ4v) is 3.91. The number of carbonyl (C=O) groups excluding carboxylic acids is 1. The molecule has 27 heavy (non-hydrogen) atoms. The molecular formula is C17H15ClF3NO4S. The topological polar surface area (TPSA) is 83.5 Å². The fourth-order valence-electron chi connectivity index (χ4n) is 2.20. The van der Waals surface area contributed by atoms with Gasteiger partial charge in [0.05, 0.1) is 16.2 Å². The maximum Gasteiger partial charge on any atom is 0.416 e. The van der Waals surface area contributed by atoms with E-state index in [1.165, 1.54) is 30.3 Å². The van der Waals surface area contributed by atoms with E-state index in [1.54, 1.807) is 0 Å². The Kier molecular flexibility index (Phi) is 5.88. The molecule has 0 saturated heterocycles. The van der Waals surface area contributed by atoms with Crippen molar-refractivity contribution in [2.24, 2.45) is 0 Å². The summed E-state index contributed by atoms with van der Waals surface area (Å²) in [6.07, 6.45) is -4.61. The van der Waals surface area contributed by atoms with Gasteiger partial charge in [-0.3, -0.25) is 4.79 Å². The molecule has 2 rings (SSSR count). The molecular weight excluding hydrogens is 407 g/mol. The summed E-state index contributed by atoms with van der Waals surface area (Å²) in [5.41, 5.74) is -3.60. The average molecular weight is 422 g/mol. The lowest BCUT2D eigenvalue weighted by Gasteiger charge is -2.22. The van der Waals surface area contributed by atoms with E-state index in [1.807, 2.05) is 0 Å². The van der Waals surface area contributed by atoms with Gasteiger partial charge in [0.1, 0.15) is 0 Å². The number of halogens is 4. The summed E-state index contributed by atoms with van der Waals surface area (Å²) in [7, 11) is -4.05. The van der Waals surface area contributed by atoms with E-state index in [4.69, 9.17) is 11.6 Å². The quantitative estimate of drug-likeness (QED) is 0.773. The third-order valence-electron chi connectivity index (χ3n) is 3.58. The van der Waals surface area contributed by atoms with Crippen LogP contribution in [-0.2, 0) is 20.8 Å². The first-order chi connectivity index (χ1) is 12.3. The van der Waals surface area contributed by atoms with Crippen LogP contribution in [-0.4, -0.2) is 30.8 Å². The van der Waals surface area contributed by atoms with Crippen molar-refractivity contribution in [3.63, 3.8) is 0 Å². The second kappa shape index (κ2) is 7.49. The second-order valence-electron chi connectivity index (χ2n) is 6.02. The summed E-state index contributed by atoms with van der Waals surface area (Å²) in [4.78, 5) is 12.1. The largest absolute Gasteiger partial charge is 0.416 e. The summed E-state index contributed by atoms with van der Waals surface area (Å²) in [5.74, 6) is -2.12. The molecule has 0 aliphatic rings. The number of aliphatic hydroxyl groups is 1. The summed E-state index contributed by atoms with van der Waals surface area (Å²) in [6.45, 7) is 0.962. The Labute approximate surface area is 158 Å². The highest BCUT2D eigenvalue weighted by Gasteiger charge is 2.37. The molecule has 2 aromatic rings. The lowest BCUT2D eigenvalue weighted by molar-refractivity contribution is -0.137. The molecule has 1 unspecified atom stereocenters. The first kappa shape index (κ1) is 21.2. The van der Waals surface area contributed by atoms with Crippen LogP contribution in [0.5, 0.6) is 0 Å². The fraction of sp³-hybridized carbons (Fsp3) is 0.235. The molecule has 1 amide bonds. The molecule has 5 nitrogen and oxygen atoms in total. The highest BCUT2D eigenvalue weighted by molar-refractivity contribution is 7.91. The van der Waals surface area contributed by atoms with Crippen LogP contribution in [0.1, 0.15) is 12.5 Å². The Morgan fingerprint density at radius 3 is 2.30 bits per heavy atom. The number of amides is 1. The zero-order valence-electron chi connectivity index (χ0n) is 13.9. The van der Waals surface area contributed by atoms with Crippen LogP contribution in [0.3, 0.4) is 0 Å². The number of nitrogens with one attached hydrogen (secondary N) is 1. The third-order valence-corrected chi connectivity index (χ3v) is 5.77. The van der Waals surface area contributed by atoms with Crippen LogP contribution >= 0.6 is 11.6 Å². The molecule has 0 radical (unpaired) electrons. The molecule has 2 N–H and O–H groups in total. The number of hydrogen-bond donors (Lipinski definition) is 2. The van der Waals surface area contributed by atoms with E-state index in [0.717, 1.165) is 19.1 Å². The maximum atomic E-state index is 12.7. The Morgan fingerprint density at radius 2 is 1.74 bits per heavy atom. The van der Waals surface area contributed by atoms with Gasteiger partial charge in [0.2, 0.25) is 0 Å². The monoisotopic (exact) mass is 421 g/mol. The zero-order valence-corrected chi connectivity index (χ0v) is 15.5. The predicted octanol–water partition coefficient (Wildman–Crippen LogP) is 3.52. The molecule has 146 valence electrons. The van der Waals surface area contributed by atoms with Gasteiger partial charge >= 0.3 is 6.18 Å². The van der Waals surface area contributed by atoms with Crippen molar-refractivity contribution >= 4 is 33.0 Å². The van der Waals surface area contributed by atoms with E-state index in [9.17, 15) is 31.5 Å². The summed E-state index contributed by atoms with van der Waals surface area (Å²) in [6, 6.07) is 8.89. The van der Waals surface area contributed by atoms with Gasteiger partial charge in [-0.15, -0.1) is 0 Å². The predicted molar refractivity (Wildman–Crippen MR) is 94.2 cm³/mol. The lowest BCUT2D eigenvalue weighted by Crippen LogP contribution is -2.45. The standard InChI is InChI=1S/C17H15ClF3NO4S/c1-16(24,10-27(25,26)14-7-5-12(18)6-8-14)15(23)22-13-4-2-3-11(9-13)17(19,20)21/h2-9,24H,10H2,1H3,(H,22,23).